The molecule has 4 heteroatoms. The number of hydrogen-bond donors (Lipinski definition) is 1. The van der Waals surface area contributed by atoms with Crippen LogP contribution in [0.3, 0.4) is 0 Å². The van der Waals surface area contributed by atoms with Gasteiger partial charge in [0.05, 0.1) is 11.3 Å². The maximum absolute atomic E-state index is 9.27. The van der Waals surface area contributed by atoms with Crippen LogP contribution < -0.4 is 5.32 Å². The fourth-order valence-corrected chi connectivity index (χ4v) is 3.90. The normalized spacial score (nSPS) is 26.5. The Balaban J connectivity index is 1.78. The largest absolute Gasteiger partial charge is 0.380 e. The van der Waals surface area contributed by atoms with E-state index in [0.717, 1.165) is 5.69 Å². The van der Waals surface area contributed by atoms with Crippen LogP contribution in [0, 0.1) is 11.3 Å². The summed E-state index contributed by atoms with van der Waals surface area (Å²) in [5.41, 5.74) is 1.58. The number of halogens is 1. The van der Waals surface area contributed by atoms with Crippen molar-refractivity contribution in [2.24, 2.45) is 0 Å². The minimum Gasteiger partial charge on any atom is -0.380 e. The third kappa shape index (κ3) is 3.33. The standard InChI is InChI=1S/C17H22ClN3/c18-14-8-7-13(12-19)16(11-14)20-15-5-1-2-6-17(15)21-9-3-4-10-21/h7-8,11,15,17,20H,1-6,9-10H2/t15-,17-/m0/s1. The number of benzene rings is 1. The number of nitrogens with zero attached hydrogens (tertiary/aromatic N) is 2. The van der Waals surface area contributed by atoms with E-state index in [4.69, 9.17) is 11.6 Å². The van der Waals surface area contributed by atoms with Gasteiger partial charge in [0.2, 0.25) is 0 Å². The van der Waals surface area contributed by atoms with Gasteiger partial charge in [0.25, 0.3) is 0 Å². The number of hydrogen-bond acceptors (Lipinski definition) is 3. The molecule has 1 aliphatic heterocycles. The number of anilines is 1. The summed E-state index contributed by atoms with van der Waals surface area (Å²) < 4.78 is 0. The third-order valence-electron chi connectivity index (χ3n) is 4.78. The van der Waals surface area contributed by atoms with Crippen molar-refractivity contribution in [1.29, 1.82) is 5.26 Å². The lowest BCUT2D eigenvalue weighted by molar-refractivity contribution is 0.177. The van der Waals surface area contributed by atoms with Gasteiger partial charge in [-0.25, -0.2) is 0 Å². The molecule has 112 valence electrons. The highest BCUT2D eigenvalue weighted by molar-refractivity contribution is 6.30. The summed E-state index contributed by atoms with van der Waals surface area (Å²) in [7, 11) is 0. The molecule has 0 spiro atoms. The molecule has 3 rings (SSSR count). The topological polar surface area (TPSA) is 39.1 Å². The molecule has 1 aliphatic carbocycles. The Morgan fingerprint density at radius 3 is 2.67 bits per heavy atom. The van der Waals surface area contributed by atoms with Crippen molar-refractivity contribution in [1.82, 2.24) is 4.90 Å². The molecule has 21 heavy (non-hydrogen) atoms. The van der Waals surface area contributed by atoms with Crippen molar-refractivity contribution in [3.8, 4) is 6.07 Å². The van der Waals surface area contributed by atoms with Gasteiger partial charge in [-0.15, -0.1) is 0 Å². The zero-order chi connectivity index (χ0) is 14.7. The highest BCUT2D eigenvalue weighted by atomic mass is 35.5. The average molecular weight is 304 g/mol. The van der Waals surface area contributed by atoms with Gasteiger partial charge < -0.3 is 5.32 Å². The van der Waals surface area contributed by atoms with Gasteiger partial charge >= 0.3 is 0 Å². The molecule has 0 unspecified atom stereocenters. The molecule has 2 fully saturated rings. The highest BCUT2D eigenvalue weighted by Gasteiger charge is 2.31. The van der Waals surface area contributed by atoms with Gasteiger partial charge in [-0.05, 0) is 57.0 Å². The van der Waals surface area contributed by atoms with E-state index in [1.54, 1.807) is 12.1 Å². The zero-order valence-electron chi connectivity index (χ0n) is 12.3. The van der Waals surface area contributed by atoms with Crippen LogP contribution in [0.4, 0.5) is 5.69 Å². The Hall–Kier alpha value is -1.24. The quantitative estimate of drug-likeness (QED) is 0.916. The van der Waals surface area contributed by atoms with E-state index in [1.165, 1.54) is 51.6 Å². The maximum Gasteiger partial charge on any atom is 0.101 e. The van der Waals surface area contributed by atoms with E-state index >= 15 is 0 Å². The number of likely N-dealkylation sites (tertiary alicyclic amines) is 1. The summed E-state index contributed by atoms with van der Waals surface area (Å²) in [5, 5.41) is 13.6. The summed E-state index contributed by atoms with van der Waals surface area (Å²) in [5.74, 6) is 0. The van der Waals surface area contributed by atoms with Crippen molar-refractivity contribution in [2.45, 2.75) is 50.6 Å². The molecule has 1 N–H and O–H groups in total. The Labute approximate surface area is 131 Å². The number of rotatable bonds is 3. The Kier molecular flexibility index (Phi) is 4.67. The van der Waals surface area contributed by atoms with Crippen LogP contribution in [0.2, 0.25) is 5.02 Å². The van der Waals surface area contributed by atoms with E-state index in [1.807, 2.05) is 6.07 Å². The first-order valence-electron chi connectivity index (χ1n) is 7.98. The lowest BCUT2D eigenvalue weighted by Crippen LogP contribution is -2.47. The van der Waals surface area contributed by atoms with Crippen molar-refractivity contribution in [2.75, 3.05) is 18.4 Å². The molecule has 0 aromatic heterocycles. The molecule has 2 atom stereocenters. The molecule has 2 aliphatic rings. The SMILES string of the molecule is N#Cc1ccc(Cl)cc1N[C@H]1CCCC[C@@H]1N1CCCC1. The molecule has 0 amide bonds. The fourth-order valence-electron chi connectivity index (χ4n) is 3.72. The van der Waals surface area contributed by atoms with Crippen LogP contribution in [-0.4, -0.2) is 30.1 Å². The second kappa shape index (κ2) is 6.68. The molecular weight excluding hydrogens is 282 g/mol. The maximum atomic E-state index is 9.27. The molecule has 1 saturated heterocycles. The summed E-state index contributed by atoms with van der Waals surface area (Å²) in [4.78, 5) is 2.63. The second-order valence-electron chi connectivity index (χ2n) is 6.15. The predicted octanol–water partition coefficient (Wildman–Crippen LogP) is 4.03. The van der Waals surface area contributed by atoms with E-state index in [0.29, 0.717) is 22.7 Å². The van der Waals surface area contributed by atoms with Crippen LogP contribution in [0.15, 0.2) is 18.2 Å². The lowest BCUT2D eigenvalue weighted by Gasteiger charge is -2.39. The van der Waals surface area contributed by atoms with Crippen molar-refractivity contribution >= 4 is 17.3 Å². The van der Waals surface area contributed by atoms with Gasteiger partial charge in [0.1, 0.15) is 6.07 Å². The molecule has 1 heterocycles. The molecule has 0 bridgehead atoms. The van der Waals surface area contributed by atoms with Gasteiger partial charge in [-0.1, -0.05) is 24.4 Å². The van der Waals surface area contributed by atoms with Crippen LogP contribution in [0.1, 0.15) is 44.1 Å². The first-order valence-corrected chi connectivity index (χ1v) is 8.36. The fraction of sp³-hybridized carbons (Fsp3) is 0.588. The van der Waals surface area contributed by atoms with Crippen LogP contribution in [-0.2, 0) is 0 Å². The predicted molar refractivity (Wildman–Crippen MR) is 86.6 cm³/mol. The van der Waals surface area contributed by atoms with E-state index in [-0.39, 0.29) is 0 Å². The lowest BCUT2D eigenvalue weighted by atomic mass is 9.89. The Morgan fingerprint density at radius 2 is 1.90 bits per heavy atom. The zero-order valence-corrected chi connectivity index (χ0v) is 13.1. The van der Waals surface area contributed by atoms with Crippen LogP contribution in [0.25, 0.3) is 0 Å². The molecule has 1 aromatic rings. The minimum atomic E-state index is 0.433. The summed E-state index contributed by atoms with van der Waals surface area (Å²) >= 11 is 6.10. The Morgan fingerprint density at radius 1 is 1.14 bits per heavy atom. The first kappa shape index (κ1) is 14.7. The molecular formula is C17H22ClN3. The van der Waals surface area contributed by atoms with E-state index in [2.05, 4.69) is 16.3 Å². The smallest absolute Gasteiger partial charge is 0.101 e. The third-order valence-corrected chi connectivity index (χ3v) is 5.02. The summed E-state index contributed by atoms with van der Waals surface area (Å²) in [6.07, 6.45) is 7.68. The van der Waals surface area contributed by atoms with E-state index in [9.17, 15) is 5.26 Å². The van der Waals surface area contributed by atoms with Gasteiger partial charge in [-0.2, -0.15) is 5.26 Å². The van der Waals surface area contributed by atoms with E-state index < -0.39 is 0 Å². The highest BCUT2D eigenvalue weighted by Crippen LogP contribution is 2.30. The van der Waals surface area contributed by atoms with Crippen molar-refractivity contribution in [3.63, 3.8) is 0 Å². The monoisotopic (exact) mass is 303 g/mol. The summed E-state index contributed by atoms with van der Waals surface area (Å²) in [6, 6.07) is 8.77. The van der Waals surface area contributed by atoms with Crippen molar-refractivity contribution < 1.29 is 0 Å². The van der Waals surface area contributed by atoms with Gasteiger partial charge in [0, 0.05) is 17.1 Å². The molecule has 1 saturated carbocycles. The van der Waals surface area contributed by atoms with Crippen LogP contribution >= 0.6 is 11.6 Å². The number of nitriles is 1. The Bertz CT molecular complexity index is 531. The van der Waals surface area contributed by atoms with Crippen LogP contribution in [0.5, 0.6) is 0 Å². The first-order chi connectivity index (χ1) is 10.3. The molecule has 1 aromatic carbocycles. The molecule has 0 radical (unpaired) electrons. The van der Waals surface area contributed by atoms with Crippen molar-refractivity contribution in [3.05, 3.63) is 28.8 Å². The average Bonchev–Trinajstić information content (AvgIpc) is 3.02. The van der Waals surface area contributed by atoms with Gasteiger partial charge in [0.15, 0.2) is 0 Å². The minimum absolute atomic E-state index is 0.433. The summed E-state index contributed by atoms with van der Waals surface area (Å²) in [6.45, 7) is 2.45. The van der Waals surface area contributed by atoms with Gasteiger partial charge in [-0.3, -0.25) is 4.90 Å². The molecule has 3 nitrogen and oxygen atoms in total. The second-order valence-corrected chi connectivity index (χ2v) is 6.58. The number of nitrogens with one attached hydrogen (secondary N) is 1.